The lowest BCUT2D eigenvalue weighted by atomic mass is 10.0. The molecule has 41 heavy (non-hydrogen) atoms. The van der Waals surface area contributed by atoms with E-state index in [1.807, 2.05) is 60.8 Å². The molecule has 4 aromatic heterocycles. The first kappa shape index (κ1) is 24.2. The zero-order valence-corrected chi connectivity index (χ0v) is 22.0. The number of nitrogens with zero attached hydrogens (tertiary/aromatic N) is 5. The second kappa shape index (κ2) is 10.4. The molecule has 0 spiro atoms. The Morgan fingerprint density at radius 1 is 0.780 bits per heavy atom. The van der Waals surface area contributed by atoms with Crippen LogP contribution in [0.1, 0.15) is 0 Å². The van der Waals surface area contributed by atoms with Gasteiger partial charge in [0.15, 0.2) is 5.82 Å². The van der Waals surface area contributed by atoms with Gasteiger partial charge >= 0.3 is 0 Å². The maximum absolute atomic E-state index is 6.15. The average molecular weight is 537 g/mol. The highest BCUT2D eigenvalue weighted by molar-refractivity contribution is 6.02. The van der Waals surface area contributed by atoms with Gasteiger partial charge < -0.3 is 20.4 Å². The van der Waals surface area contributed by atoms with Gasteiger partial charge in [-0.2, -0.15) is 0 Å². The quantitative estimate of drug-likeness (QED) is 0.196. The second-order valence-corrected chi connectivity index (χ2v) is 9.35. The van der Waals surface area contributed by atoms with Crippen LogP contribution in [0.2, 0.25) is 0 Å². The number of hydrogen-bond donors (Lipinski definition) is 3. The fraction of sp³-hybridized carbons (Fsp3) is 0.0312. The first-order chi connectivity index (χ1) is 20.2. The van der Waals surface area contributed by atoms with Crippen molar-refractivity contribution < 1.29 is 4.74 Å². The summed E-state index contributed by atoms with van der Waals surface area (Å²) < 4.78 is 6.15. The zero-order valence-electron chi connectivity index (χ0n) is 22.0. The molecule has 0 fully saturated rings. The number of anilines is 3. The fourth-order valence-corrected chi connectivity index (χ4v) is 4.76. The molecule has 7 aromatic rings. The fourth-order valence-electron chi connectivity index (χ4n) is 4.76. The highest BCUT2D eigenvalue weighted by atomic mass is 16.5. The van der Waals surface area contributed by atoms with Gasteiger partial charge in [0.2, 0.25) is 11.8 Å². The Morgan fingerprint density at radius 2 is 1.66 bits per heavy atom. The van der Waals surface area contributed by atoms with Crippen molar-refractivity contribution in [3.8, 4) is 34.1 Å². The maximum Gasteiger partial charge on any atom is 0.228 e. The van der Waals surface area contributed by atoms with Gasteiger partial charge in [-0.25, -0.2) is 15.0 Å². The number of aromatic amines is 1. The van der Waals surface area contributed by atoms with E-state index in [0.717, 1.165) is 44.2 Å². The van der Waals surface area contributed by atoms with E-state index in [0.29, 0.717) is 29.1 Å². The topological polar surface area (TPSA) is 114 Å². The number of aromatic nitrogens is 6. The summed E-state index contributed by atoms with van der Waals surface area (Å²) >= 11 is 0. The van der Waals surface area contributed by atoms with Gasteiger partial charge in [-0.05, 0) is 60.7 Å². The number of fused-ring (bicyclic) bond motifs is 2. The number of benzene rings is 3. The molecule has 0 saturated heterocycles. The second-order valence-electron chi connectivity index (χ2n) is 9.35. The Bertz CT molecular complexity index is 2000. The van der Waals surface area contributed by atoms with E-state index >= 15 is 0 Å². The van der Waals surface area contributed by atoms with Gasteiger partial charge in [-0.15, -0.1) is 10.2 Å². The number of rotatable bonds is 7. The lowest BCUT2D eigenvalue weighted by Crippen LogP contribution is -1.99. The normalized spacial score (nSPS) is 11.0. The van der Waals surface area contributed by atoms with Crippen molar-refractivity contribution in [3.63, 3.8) is 0 Å². The third-order valence-electron chi connectivity index (χ3n) is 6.77. The number of hydrogen-bond acceptors (Lipinski definition) is 8. The van der Waals surface area contributed by atoms with Gasteiger partial charge in [-0.3, -0.25) is 0 Å². The Morgan fingerprint density at radius 3 is 2.54 bits per heavy atom. The smallest absolute Gasteiger partial charge is 0.228 e. The Labute approximate surface area is 235 Å². The summed E-state index contributed by atoms with van der Waals surface area (Å²) in [6.07, 6.45) is 5.33. The van der Waals surface area contributed by atoms with Gasteiger partial charge in [-0.1, -0.05) is 30.3 Å². The molecule has 0 unspecified atom stereocenters. The highest BCUT2D eigenvalue weighted by Gasteiger charge is 2.13. The van der Waals surface area contributed by atoms with E-state index in [1.165, 1.54) is 0 Å². The minimum Gasteiger partial charge on any atom is -0.438 e. The van der Waals surface area contributed by atoms with Crippen molar-refractivity contribution in [2.24, 2.45) is 0 Å². The van der Waals surface area contributed by atoms with Crippen LogP contribution in [0.3, 0.4) is 0 Å². The maximum atomic E-state index is 6.15. The van der Waals surface area contributed by atoms with E-state index in [4.69, 9.17) is 4.74 Å². The molecule has 0 bridgehead atoms. The lowest BCUT2D eigenvalue weighted by Gasteiger charge is -2.13. The van der Waals surface area contributed by atoms with Crippen LogP contribution in [0.15, 0.2) is 110 Å². The third kappa shape index (κ3) is 4.76. The summed E-state index contributed by atoms with van der Waals surface area (Å²) in [4.78, 5) is 16.4. The first-order valence-electron chi connectivity index (χ1n) is 13.1. The molecule has 0 aliphatic carbocycles. The molecule has 0 radical (unpaired) electrons. The van der Waals surface area contributed by atoms with Crippen molar-refractivity contribution in [1.29, 1.82) is 0 Å². The Balaban J connectivity index is 1.15. The molecular formula is C32H24N8O. The molecule has 3 aromatic carbocycles. The largest absolute Gasteiger partial charge is 0.438 e. The van der Waals surface area contributed by atoms with Crippen LogP contribution in [0, 0.1) is 0 Å². The zero-order chi connectivity index (χ0) is 27.6. The van der Waals surface area contributed by atoms with E-state index in [9.17, 15) is 0 Å². The summed E-state index contributed by atoms with van der Waals surface area (Å²) in [7, 11) is 1.78. The molecule has 9 nitrogen and oxygen atoms in total. The number of ether oxygens (including phenoxy) is 1. The summed E-state index contributed by atoms with van der Waals surface area (Å²) in [5.74, 6) is 2.30. The summed E-state index contributed by atoms with van der Waals surface area (Å²) in [6, 6.07) is 29.7. The van der Waals surface area contributed by atoms with Gasteiger partial charge in [0.25, 0.3) is 0 Å². The monoisotopic (exact) mass is 536 g/mol. The molecule has 0 amide bonds. The van der Waals surface area contributed by atoms with Crippen LogP contribution in [0.5, 0.6) is 11.6 Å². The van der Waals surface area contributed by atoms with Crippen molar-refractivity contribution in [2.45, 2.75) is 0 Å². The molecule has 198 valence electrons. The predicted octanol–water partition coefficient (Wildman–Crippen LogP) is 7.21. The van der Waals surface area contributed by atoms with E-state index in [2.05, 4.69) is 77.2 Å². The Hall–Kier alpha value is -5.83. The number of nitrogens with one attached hydrogen (secondary N) is 3. The third-order valence-corrected chi connectivity index (χ3v) is 6.77. The van der Waals surface area contributed by atoms with Crippen LogP contribution in [-0.4, -0.2) is 37.2 Å². The SMILES string of the molecule is CNc1nccc(-c2cccnc2Oc2ccc(Nc3nnc(-c4ccc5[nH]ccc5c4)c4ccccc34)cc2)n1. The molecule has 3 N–H and O–H groups in total. The standard InChI is InChI=1S/C32H24N8O/c1-33-32-36-18-15-28(38-32)26-7-4-16-35-31(26)41-23-11-9-22(10-12-23)37-30-25-6-3-2-5-24(25)29(39-40-30)21-8-13-27-20(19-21)14-17-34-27/h2-19,34H,1H3,(H,37,40)(H,33,36,38). The molecule has 0 aliphatic rings. The van der Waals surface area contributed by atoms with Gasteiger partial charge in [0.1, 0.15) is 11.4 Å². The van der Waals surface area contributed by atoms with Crippen molar-refractivity contribution in [1.82, 2.24) is 30.1 Å². The molecule has 0 atom stereocenters. The van der Waals surface area contributed by atoms with Crippen LogP contribution in [0.4, 0.5) is 17.5 Å². The molecule has 4 heterocycles. The van der Waals surface area contributed by atoms with Gasteiger partial charge in [0.05, 0.1) is 11.3 Å². The average Bonchev–Trinajstić information content (AvgIpc) is 3.51. The molecular weight excluding hydrogens is 512 g/mol. The minimum atomic E-state index is 0.458. The van der Waals surface area contributed by atoms with E-state index in [-0.39, 0.29) is 0 Å². The molecule has 7 rings (SSSR count). The minimum absolute atomic E-state index is 0.458. The lowest BCUT2D eigenvalue weighted by molar-refractivity contribution is 0.465. The molecule has 0 saturated carbocycles. The van der Waals surface area contributed by atoms with E-state index < -0.39 is 0 Å². The molecule has 9 heteroatoms. The first-order valence-corrected chi connectivity index (χ1v) is 13.1. The Kier molecular flexibility index (Phi) is 6.14. The van der Waals surface area contributed by atoms with Crippen molar-refractivity contribution >= 4 is 39.1 Å². The van der Waals surface area contributed by atoms with Crippen LogP contribution >= 0.6 is 0 Å². The summed E-state index contributed by atoms with van der Waals surface area (Å²) in [6.45, 7) is 0. The van der Waals surface area contributed by atoms with Crippen molar-refractivity contribution in [3.05, 3.63) is 110 Å². The van der Waals surface area contributed by atoms with Crippen LogP contribution in [-0.2, 0) is 0 Å². The van der Waals surface area contributed by atoms with E-state index in [1.54, 1.807) is 19.4 Å². The summed E-state index contributed by atoms with van der Waals surface area (Å²) in [5, 5.41) is 18.7. The van der Waals surface area contributed by atoms with Crippen molar-refractivity contribution in [2.75, 3.05) is 17.7 Å². The predicted molar refractivity (Wildman–Crippen MR) is 161 cm³/mol. The van der Waals surface area contributed by atoms with Gasteiger partial charge in [0, 0.05) is 58.6 Å². The number of pyridine rings is 1. The highest BCUT2D eigenvalue weighted by Crippen LogP contribution is 2.34. The van der Waals surface area contributed by atoms with Crippen LogP contribution < -0.4 is 15.4 Å². The molecule has 0 aliphatic heterocycles. The number of H-pyrrole nitrogens is 1. The van der Waals surface area contributed by atoms with Crippen LogP contribution in [0.25, 0.3) is 44.2 Å². The summed E-state index contributed by atoms with van der Waals surface area (Å²) in [5.41, 5.74) is 5.29.